The van der Waals surface area contributed by atoms with Crippen LogP contribution in [-0.4, -0.2) is 30.4 Å². The van der Waals surface area contributed by atoms with Gasteiger partial charge in [-0.2, -0.15) is 0 Å². The largest absolute Gasteiger partial charge is 0.491 e. The summed E-state index contributed by atoms with van der Waals surface area (Å²) in [5.41, 5.74) is 1.22. The minimum atomic E-state index is -0.437. The van der Waals surface area contributed by atoms with Gasteiger partial charge in [0.15, 0.2) is 0 Å². The number of hydrogen-bond acceptors (Lipinski definition) is 3. The molecule has 0 amide bonds. The molecule has 1 aromatic rings. The molecule has 0 unspecified atom stereocenters. The number of rotatable bonds is 6. The van der Waals surface area contributed by atoms with Crippen LogP contribution in [0.5, 0.6) is 5.75 Å². The molecule has 4 fully saturated rings. The van der Waals surface area contributed by atoms with Crippen LogP contribution in [0, 0.1) is 30.6 Å². The number of aryl methyl sites for hydroxylation is 1. The Morgan fingerprint density at radius 2 is 1.65 bits per heavy atom. The van der Waals surface area contributed by atoms with Gasteiger partial charge in [0.1, 0.15) is 18.5 Å². The lowest BCUT2D eigenvalue weighted by atomic mass is 9.54. The predicted octanol–water partition coefficient (Wildman–Crippen LogP) is 3.15. The molecule has 1 atom stereocenters. The summed E-state index contributed by atoms with van der Waals surface area (Å²) in [5.74, 6) is 4.56. The summed E-state index contributed by atoms with van der Waals surface area (Å²) in [6, 6.07) is 8.64. The number of hydrogen-bond donors (Lipinski definition) is 2. The van der Waals surface area contributed by atoms with Crippen LogP contribution in [0.25, 0.3) is 0 Å². The maximum atomic E-state index is 10.2. The summed E-state index contributed by atoms with van der Waals surface area (Å²) in [6.45, 7) is 3.08. The SMILES string of the molecule is Cc1ccc(OC[C@@H](O)CNC2C3CC4CC(C3)CC2C4)cc1. The van der Waals surface area contributed by atoms with Crippen LogP contribution in [0.2, 0.25) is 0 Å². The summed E-state index contributed by atoms with van der Waals surface area (Å²) in [4.78, 5) is 0. The average Bonchev–Trinajstić information content (AvgIpc) is 2.53. The molecule has 1 aromatic carbocycles. The number of aliphatic hydroxyl groups is 1. The Morgan fingerprint density at radius 3 is 2.26 bits per heavy atom. The maximum Gasteiger partial charge on any atom is 0.119 e. The second-order valence-corrected chi connectivity index (χ2v) is 8.14. The van der Waals surface area contributed by atoms with E-state index in [9.17, 15) is 5.11 Å². The third-order valence-corrected chi connectivity index (χ3v) is 6.28. The van der Waals surface area contributed by atoms with Crippen LogP contribution >= 0.6 is 0 Å². The van der Waals surface area contributed by atoms with Gasteiger partial charge in [-0.05, 0) is 74.8 Å². The predicted molar refractivity (Wildman–Crippen MR) is 91.5 cm³/mol. The van der Waals surface area contributed by atoms with Crippen LogP contribution in [0.1, 0.15) is 37.7 Å². The van der Waals surface area contributed by atoms with E-state index in [1.807, 2.05) is 24.3 Å². The molecule has 4 saturated carbocycles. The highest BCUT2D eigenvalue weighted by atomic mass is 16.5. The van der Waals surface area contributed by atoms with E-state index in [0.29, 0.717) is 19.2 Å². The smallest absolute Gasteiger partial charge is 0.119 e. The normalized spacial score (nSPS) is 36.2. The Morgan fingerprint density at radius 1 is 1.04 bits per heavy atom. The van der Waals surface area contributed by atoms with Crippen molar-refractivity contribution in [3.05, 3.63) is 29.8 Å². The molecule has 3 heteroatoms. The van der Waals surface area contributed by atoms with Crippen LogP contribution < -0.4 is 10.1 Å². The van der Waals surface area contributed by atoms with Crippen molar-refractivity contribution in [2.24, 2.45) is 23.7 Å². The summed E-state index contributed by atoms with van der Waals surface area (Å²) >= 11 is 0. The fourth-order valence-corrected chi connectivity index (χ4v) is 5.42. The van der Waals surface area contributed by atoms with E-state index >= 15 is 0 Å². The van der Waals surface area contributed by atoms with Gasteiger partial charge >= 0.3 is 0 Å². The monoisotopic (exact) mass is 315 g/mol. The molecule has 0 spiro atoms. The van der Waals surface area contributed by atoms with E-state index in [2.05, 4.69) is 12.2 Å². The zero-order chi connectivity index (χ0) is 15.8. The zero-order valence-electron chi connectivity index (χ0n) is 14.1. The average molecular weight is 315 g/mol. The van der Waals surface area contributed by atoms with E-state index in [1.54, 1.807) is 0 Å². The summed E-state index contributed by atoms with van der Waals surface area (Å²) in [5, 5.41) is 13.9. The van der Waals surface area contributed by atoms with Crippen LogP contribution in [0.15, 0.2) is 24.3 Å². The Balaban J connectivity index is 1.24. The molecule has 23 heavy (non-hydrogen) atoms. The molecule has 2 N–H and O–H groups in total. The first-order valence-electron chi connectivity index (χ1n) is 9.28. The van der Waals surface area contributed by atoms with E-state index in [-0.39, 0.29) is 0 Å². The Hall–Kier alpha value is -1.06. The van der Waals surface area contributed by atoms with Crippen LogP contribution in [-0.2, 0) is 0 Å². The summed E-state index contributed by atoms with van der Waals surface area (Å²) < 4.78 is 5.69. The van der Waals surface area contributed by atoms with Gasteiger partial charge in [-0.3, -0.25) is 0 Å². The Labute approximate surface area is 139 Å². The van der Waals surface area contributed by atoms with E-state index in [0.717, 1.165) is 29.4 Å². The van der Waals surface area contributed by atoms with Gasteiger partial charge in [-0.25, -0.2) is 0 Å². The first-order chi connectivity index (χ1) is 11.2. The molecule has 3 nitrogen and oxygen atoms in total. The van der Waals surface area contributed by atoms with Crippen LogP contribution in [0.3, 0.4) is 0 Å². The molecule has 4 aliphatic rings. The van der Waals surface area contributed by atoms with Crippen molar-refractivity contribution in [1.29, 1.82) is 0 Å². The van der Waals surface area contributed by atoms with Crippen molar-refractivity contribution in [1.82, 2.24) is 5.32 Å². The second kappa shape index (κ2) is 6.45. The van der Waals surface area contributed by atoms with Crippen molar-refractivity contribution in [3.63, 3.8) is 0 Å². The quantitative estimate of drug-likeness (QED) is 0.847. The van der Waals surface area contributed by atoms with Crippen molar-refractivity contribution in [2.75, 3.05) is 13.2 Å². The summed E-state index contributed by atoms with van der Waals surface area (Å²) in [7, 11) is 0. The van der Waals surface area contributed by atoms with Crippen molar-refractivity contribution >= 4 is 0 Å². The fourth-order valence-electron chi connectivity index (χ4n) is 5.42. The minimum Gasteiger partial charge on any atom is -0.491 e. The molecule has 0 aliphatic heterocycles. The molecule has 126 valence electrons. The standard InChI is InChI=1S/C20H29NO2/c1-13-2-4-19(5-3-13)23-12-18(22)11-21-20-16-7-14-6-15(9-16)10-17(20)8-14/h2-5,14-18,20-22H,6-12H2,1H3/t14?,15?,16?,17?,18-,20?/m0/s1. The first kappa shape index (κ1) is 15.5. The highest BCUT2D eigenvalue weighted by Crippen LogP contribution is 2.53. The van der Waals surface area contributed by atoms with Crippen molar-refractivity contribution in [3.8, 4) is 5.75 Å². The lowest BCUT2D eigenvalue weighted by Crippen LogP contribution is -2.55. The summed E-state index contributed by atoms with van der Waals surface area (Å²) in [6.07, 6.45) is 6.73. The number of aliphatic hydroxyl groups excluding tert-OH is 1. The molecule has 0 saturated heterocycles. The Bertz CT molecular complexity index is 499. The first-order valence-corrected chi connectivity index (χ1v) is 9.28. The van der Waals surface area contributed by atoms with Crippen molar-refractivity contribution in [2.45, 2.75) is 51.2 Å². The minimum absolute atomic E-state index is 0.364. The molecular formula is C20H29NO2. The van der Waals surface area contributed by atoms with Gasteiger partial charge in [-0.15, -0.1) is 0 Å². The van der Waals surface area contributed by atoms with E-state index < -0.39 is 6.10 Å². The molecule has 0 heterocycles. The van der Waals surface area contributed by atoms with Gasteiger partial charge in [0, 0.05) is 12.6 Å². The maximum absolute atomic E-state index is 10.2. The van der Waals surface area contributed by atoms with Gasteiger partial charge in [0.25, 0.3) is 0 Å². The highest BCUT2D eigenvalue weighted by molar-refractivity contribution is 5.26. The second-order valence-electron chi connectivity index (χ2n) is 8.14. The zero-order valence-corrected chi connectivity index (χ0v) is 14.1. The number of benzene rings is 1. The van der Waals surface area contributed by atoms with Gasteiger partial charge in [0.05, 0.1) is 0 Å². The molecule has 4 bridgehead atoms. The lowest BCUT2D eigenvalue weighted by Gasteiger charge is -2.54. The molecule has 4 aliphatic carbocycles. The van der Waals surface area contributed by atoms with E-state index in [4.69, 9.17) is 4.74 Å². The molecule has 0 aromatic heterocycles. The number of ether oxygens (including phenoxy) is 1. The third kappa shape index (κ3) is 3.41. The highest BCUT2D eigenvalue weighted by Gasteiger charge is 2.47. The number of nitrogens with one attached hydrogen (secondary N) is 1. The molecule has 5 rings (SSSR count). The fraction of sp³-hybridized carbons (Fsp3) is 0.700. The van der Waals surface area contributed by atoms with Gasteiger partial charge in [0.2, 0.25) is 0 Å². The topological polar surface area (TPSA) is 41.5 Å². The molecular weight excluding hydrogens is 286 g/mol. The Kier molecular flexibility index (Phi) is 4.33. The molecule has 0 radical (unpaired) electrons. The van der Waals surface area contributed by atoms with Crippen LogP contribution in [0.4, 0.5) is 0 Å². The third-order valence-electron chi connectivity index (χ3n) is 6.28. The van der Waals surface area contributed by atoms with Gasteiger partial charge in [-0.1, -0.05) is 17.7 Å². The lowest BCUT2D eigenvalue weighted by molar-refractivity contribution is -0.0188. The van der Waals surface area contributed by atoms with Gasteiger partial charge < -0.3 is 15.2 Å². The van der Waals surface area contributed by atoms with Crippen molar-refractivity contribution < 1.29 is 9.84 Å². The van der Waals surface area contributed by atoms with E-state index in [1.165, 1.54) is 37.7 Å².